The van der Waals surface area contributed by atoms with Gasteiger partial charge in [-0.15, -0.1) is 0 Å². The van der Waals surface area contributed by atoms with E-state index in [1.807, 2.05) is 4.90 Å². The van der Waals surface area contributed by atoms with E-state index in [0.29, 0.717) is 41.8 Å². The van der Waals surface area contributed by atoms with Crippen LogP contribution in [0, 0.1) is 0 Å². The lowest BCUT2D eigenvalue weighted by Crippen LogP contribution is -2.29. The zero-order chi connectivity index (χ0) is 22.7. The van der Waals surface area contributed by atoms with Gasteiger partial charge in [0.25, 0.3) is 11.8 Å². The maximum Gasteiger partial charge on any atom is 0.276 e. The molecule has 3 heterocycles. The second-order valence-corrected chi connectivity index (χ2v) is 8.17. The van der Waals surface area contributed by atoms with Crippen LogP contribution in [0.3, 0.4) is 0 Å². The van der Waals surface area contributed by atoms with Gasteiger partial charge in [-0.1, -0.05) is 11.6 Å². The summed E-state index contributed by atoms with van der Waals surface area (Å²) in [6.07, 6.45) is 5.46. The molecule has 0 bridgehead atoms. The van der Waals surface area contributed by atoms with Gasteiger partial charge in [0.2, 0.25) is 5.95 Å². The lowest BCUT2D eigenvalue weighted by molar-refractivity contribution is 0.0793. The summed E-state index contributed by atoms with van der Waals surface area (Å²) in [7, 11) is 3.00. The number of ether oxygens (including phenoxy) is 2. The molecule has 1 aromatic heterocycles. The smallest absolute Gasteiger partial charge is 0.276 e. The van der Waals surface area contributed by atoms with Crippen molar-refractivity contribution in [1.29, 1.82) is 0 Å². The molecule has 0 saturated carbocycles. The van der Waals surface area contributed by atoms with Gasteiger partial charge in [-0.25, -0.2) is 9.97 Å². The van der Waals surface area contributed by atoms with Crippen molar-refractivity contribution in [2.24, 2.45) is 0 Å². The average molecular weight is 460 g/mol. The van der Waals surface area contributed by atoms with E-state index in [1.54, 1.807) is 17.0 Å². The monoisotopic (exact) mass is 459 g/mol. The van der Waals surface area contributed by atoms with Gasteiger partial charge in [0.05, 0.1) is 36.7 Å². The fourth-order valence-corrected chi connectivity index (χ4v) is 4.19. The van der Waals surface area contributed by atoms with E-state index in [2.05, 4.69) is 15.3 Å². The van der Waals surface area contributed by atoms with Crippen LogP contribution in [-0.4, -0.2) is 67.1 Å². The Kier molecular flexibility index (Phi) is 6.64. The van der Waals surface area contributed by atoms with Crippen LogP contribution in [0.25, 0.3) is 0 Å². The van der Waals surface area contributed by atoms with E-state index in [0.717, 1.165) is 38.8 Å². The number of benzene rings is 1. The number of methoxy groups -OCH3 is 2. The molecule has 32 heavy (non-hydrogen) atoms. The van der Waals surface area contributed by atoms with Crippen molar-refractivity contribution >= 4 is 35.1 Å². The van der Waals surface area contributed by atoms with E-state index in [1.165, 1.54) is 20.4 Å². The minimum atomic E-state index is -0.527. The van der Waals surface area contributed by atoms with Crippen LogP contribution in [0.15, 0.2) is 18.3 Å². The molecule has 2 fully saturated rings. The van der Waals surface area contributed by atoms with Gasteiger partial charge >= 0.3 is 0 Å². The first kappa shape index (κ1) is 22.1. The van der Waals surface area contributed by atoms with Crippen molar-refractivity contribution in [1.82, 2.24) is 14.9 Å². The summed E-state index contributed by atoms with van der Waals surface area (Å²) in [4.78, 5) is 38.8. The van der Waals surface area contributed by atoms with Crippen LogP contribution in [0.1, 0.15) is 46.5 Å². The van der Waals surface area contributed by atoms with E-state index in [-0.39, 0.29) is 16.6 Å². The third kappa shape index (κ3) is 4.43. The molecule has 4 rings (SSSR count). The third-order valence-electron chi connectivity index (χ3n) is 5.73. The van der Waals surface area contributed by atoms with Crippen molar-refractivity contribution in [2.75, 3.05) is 50.6 Å². The van der Waals surface area contributed by atoms with Crippen molar-refractivity contribution in [2.45, 2.75) is 25.7 Å². The van der Waals surface area contributed by atoms with E-state index >= 15 is 0 Å². The van der Waals surface area contributed by atoms with Crippen LogP contribution < -0.4 is 19.7 Å². The van der Waals surface area contributed by atoms with Crippen LogP contribution >= 0.6 is 11.6 Å². The number of amides is 2. The molecule has 2 saturated heterocycles. The Labute approximate surface area is 191 Å². The number of nitrogens with one attached hydrogen (secondary N) is 1. The van der Waals surface area contributed by atoms with E-state index in [9.17, 15) is 9.59 Å². The largest absolute Gasteiger partial charge is 0.493 e. The van der Waals surface area contributed by atoms with Crippen molar-refractivity contribution in [3.05, 3.63) is 34.6 Å². The Bertz CT molecular complexity index is 1020. The molecule has 0 aliphatic carbocycles. The molecule has 9 nitrogen and oxygen atoms in total. The molecular formula is C22H26ClN5O4. The number of rotatable bonds is 6. The number of aromatic nitrogens is 2. The zero-order valence-corrected chi connectivity index (χ0v) is 18.9. The molecule has 10 heteroatoms. The highest BCUT2D eigenvalue weighted by Gasteiger charge is 2.26. The van der Waals surface area contributed by atoms with Crippen LogP contribution in [-0.2, 0) is 0 Å². The summed E-state index contributed by atoms with van der Waals surface area (Å²) in [6.45, 7) is 3.04. The van der Waals surface area contributed by atoms with Gasteiger partial charge in [-0.05, 0) is 31.7 Å². The number of carbonyl (C=O) groups excluding carboxylic acids is 2. The number of hydrogen-bond donors (Lipinski definition) is 1. The molecule has 170 valence electrons. The second-order valence-electron chi connectivity index (χ2n) is 7.77. The predicted octanol–water partition coefficient (Wildman–Crippen LogP) is 3.24. The highest BCUT2D eigenvalue weighted by atomic mass is 35.5. The quantitative estimate of drug-likeness (QED) is 0.708. The zero-order valence-electron chi connectivity index (χ0n) is 18.2. The van der Waals surface area contributed by atoms with Gasteiger partial charge in [-0.3, -0.25) is 9.59 Å². The van der Waals surface area contributed by atoms with Gasteiger partial charge in [0, 0.05) is 32.2 Å². The molecule has 1 aromatic carbocycles. The SMILES string of the molecule is COc1cc(NC(=O)c2nc(N3CCCC3)ncc2Cl)c(C(=O)N2CCCC2)cc1OC. The molecule has 0 spiro atoms. The lowest BCUT2D eigenvalue weighted by atomic mass is 10.1. The fraction of sp³-hybridized carbons (Fsp3) is 0.455. The minimum absolute atomic E-state index is 0.0536. The molecule has 1 N–H and O–H groups in total. The Morgan fingerprint density at radius 2 is 1.62 bits per heavy atom. The summed E-state index contributed by atoms with van der Waals surface area (Å²) >= 11 is 6.25. The van der Waals surface area contributed by atoms with Gasteiger partial charge in [0.15, 0.2) is 17.2 Å². The molecule has 0 unspecified atom stereocenters. The summed E-state index contributed by atoms with van der Waals surface area (Å²) in [5.41, 5.74) is 0.683. The first-order valence-corrected chi connectivity index (χ1v) is 11.0. The van der Waals surface area contributed by atoms with Crippen LogP contribution in [0.5, 0.6) is 11.5 Å². The average Bonchev–Trinajstić information content (AvgIpc) is 3.53. The maximum absolute atomic E-state index is 13.2. The van der Waals surface area contributed by atoms with Crippen molar-refractivity contribution < 1.29 is 19.1 Å². The summed E-state index contributed by atoms with van der Waals surface area (Å²) < 4.78 is 10.7. The molecule has 2 amide bonds. The molecule has 2 aromatic rings. The van der Waals surface area contributed by atoms with Crippen LogP contribution in [0.2, 0.25) is 5.02 Å². The Morgan fingerprint density at radius 1 is 1.00 bits per heavy atom. The first-order valence-electron chi connectivity index (χ1n) is 10.7. The number of nitrogens with zero attached hydrogens (tertiary/aromatic N) is 4. The number of halogens is 1. The highest BCUT2D eigenvalue weighted by Crippen LogP contribution is 2.35. The third-order valence-corrected chi connectivity index (χ3v) is 6.01. The van der Waals surface area contributed by atoms with Gasteiger partial charge in [0.1, 0.15) is 0 Å². The first-order chi connectivity index (χ1) is 15.5. The maximum atomic E-state index is 13.2. The molecule has 2 aliphatic heterocycles. The Balaban J connectivity index is 1.67. The molecule has 0 atom stereocenters. The number of hydrogen-bond acceptors (Lipinski definition) is 7. The van der Waals surface area contributed by atoms with Crippen molar-refractivity contribution in [3.63, 3.8) is 0 Å². The molecule has 0 radical (unpaired) electrons. The Hall–Kier alpha value is -3.07. The number of anilines is 2. The van der Waals surface area contributed by atoms with Crippen LogP contribution in [0.4, 0.5) is 11.6 Å². The van der Waals surface area contributed by atoms with E-state index in [4.69, 9.17) is 21.1 Å². The minimum Gasteiger partial charge on any atom is -0.493 e. The number of likely N-dealkylation sites (tertiary alicyclic amines) is 1. The summed E-state index contributed by atoms with van der Waals surface area (Å²) in [5.74, 6) is 0.570. The summed E-state index contributed by atoms with van der Waals surface area (Å²) in [6, 6.07) is 3.17. The highest BCUT2D eigenvalue weighted by molar-refractivity contribution is 6.34. The van der Waals surface area contributed by atoms with Crippen molar-refractivity contribution in [3.8, 4) is 11.5 Å². The van der Waals surface area contributed by atoms with Gasteiger partial charge < -0.3 is 24.6 Å². The molecular weight excluding hydrogens is 434 g/mol. The lowest BCUT2D eigenvalue weighted by Gasteiger charge is -2.20. The topological polar surface area (TPSA) is 96.9 Å². The second kappa shape index (κ2) is 9.60. The normalized spacial score (nSPS) is 15.7. The Morgan fingerprint density at radius 3 is 2.28 bits per heavy atom. The van der Waals surface area contributed by atoms with E-state index < -0.39 is 5.91 Å². The molecule has 2 aliphatic rings. The van der Waals surface area contributed by atoms with Gasteiger partial charge in [-0.2, -0.15) is 0 Å². The standard InChI is InChI=1S/C22H26ClN5O4/c1-31-17-11-14(21(30)27-7-3-4-8-27)16(12-18(17)32-2)25-20(29)19-15(23)13-24-22(26-19)28-9-5-6-10-28/h11-13H,3-10H2,1-2H3,(H,25,29). The summed E-state index contributed by atoms with van der Waals surface area (Å²) in [5, 5.41) is 2.94. The predicted molar refractivity (Wildman–Crippen MR) is 121 cm³/mol. The number of carbonyl (C=O) groups is 2. The fourth-order valence-electron chi connectivity index (χ4n) is 4.02.